The molecule has 1 fully saturated rings. The molecule has 0 aromatic heterocycles. The van der Waals surface area contributed by atoms with E-state index in [2.05, 4.69) is 41.7 Å². The van der Waals surface area contributed by atoms with E-state index in [0.29, 0.717) is 5.92 Å². The predicted octanol–water partition coefficient (Wildman–Crippen LogP) is 3.54. The summed E-state index contributed by atoms with van der Waals surface area (Å²) in [6.07, 6.45) is 3.02. The highest BCUT2D eigenvalue weighted by atomic mass is 16.5. The number of hydrogen-bond acceptors (Lipinski definition) is 3. The topological polar surface area (TPSA) is 41.5 Å². The molecule has 3 heteroatoms. The van der Waals surface area contributed by atoms with E-state index in [9.17, 15) is 5.11 Å². The van der Waals surface area contributed by atoms with Gasteiger partial charge in [0.25, 0.3) is 0 Å². The van der Waals surface area contributed by atoms with Crippen LogP contribution in [0, 0.1) is 5.92 Å². The minimum Gasteiger partial charge on any atom is -0.497 e. The first kappa shape index (κ1) is 16.0. The quantitative estimate of drug-likeness (QED) is 0.857. The van der Waals surface area contributed by atoms with Gasteiger partial charge in [0.2, 0.25) is 0 Å². The second kappa shape index (κ2) is 7.62. The zero-order chi connectivity index (χ0) is 16.1. The molecule has 0 spiro atoms. The second-order valence-electron chi connectivity index (χ2n) is 6.28. The summed E-state index contributed by atoms with van der Waals surface area (Å²) in [5.74, 6) is 1.23. The first-order valence-electron chi connectivity index (χ1n) is 8.38. The van der Waals surface area contributed by atoms with Crippen molar-refractivity contribution in [3.63, 3.8) is 0 Å². The first-order valence-corrected chi connectivity index (χ1v) is 8.38. The smallest absolute Gasteiger partial charge is 0.118 e. The van der Waals surface area contributed by atoms with Crippen LogP contribution in [0.4, 0.5) is 0 Å². The Morgan fingerprint density at radius 1 is 1.04 bits per heavy atom. The number of benzene rings is 2. The van der Waals surface area contributed by atoms with Crippen molar-refractivity contribution < 1.29 is 9.84 Å². The lowest BCUT2D eigenvalue weighted by atomic mass is 9.97. The molecule has 2 N–H and O–H groups in total. The van der Waals surface area contributed by atoms with Crippen LogP contribution in [-0.2, 0) is 0 Å². The molecule has 23 heavy (non-hydrogen) atoms. The number of aliphatic hydroxyl groups excluding tert-OH is 1. The summed E-state index contributed by atoms with van der Waals surface area (Å²) in [5, 5.41) is 13.7. The second-order valence-corrected chi connectivity index (χ2v) is 6.28. The van der Waals surface area contributed by atoms with E-state index in [1.54, 1.807) is 7.11 Å². The maximum absolute atomic E-state index is 10.1. The highest BCUT2D eigenvalue weighted by molar-refractivity contribution is 5.35. The van der Waals surface area contributed by atoms with Gasteiger partial charge in [-0.05, 0) is 42.0 Å². The van der Waals surface area contributed by atoms with E-state index in [-0.39, 0.29) is 12.1 Å². The van der Waals surface area contributed by atoms with Gasteiger partial charge < -0.3 is 15.2 Å². The van der Waals surface area contributed by atoms with Crippen molar-refractivity contribution in [3.8, 4) is 5.75 Å². The van der Waals surface area contributed by atoms with Crippen LogP contribution in [-0.4, -0.2) is 24.9 Å². The van der Waals surface area contributed by atoms with Crippen LogP contribution in [0.15, 0.2) is 54.6 Å². The van der Waals surface area contributed by atoms with E-state index in [4.69, 9.17) is 4.74 Å². The highest BCUT2D eigenvalue weighted by Crippen LogP contribution is 2.28. The monoisotopic (exact) mass is 311 g/mol. The lowest BCUT2D eigenvalue weighted by Gasteiger charge is -2.23. The molecule has 2 aromatic rings. The molecule has 0 amide bonds. The molecule has 3 nitrogen and oxygen atoms in total. The molecule has 0 heterocycles. The van der Waals surface area contributed by atoms with E-state index in [0.717, 1.165) is 31.6 Å². The van der Waals surface area contributed by atoms with Crippen LogP contribution in [0.5, 0.6) is 5.75 Å². The maximum Gasteiger partial charge on any atom is 0.118 e. The average molecular weight is 311 g/mol. The van der Waals surface area contributed by atoms with Crippen molar-refractivity contribution in [1.82, 2.24) is 5.32 Å². The maximum atomic E-state index is 10.1. The van der Waals surface area contributed by atoms with Gasteiger partial charge in [0.1, 0.15) is 5.75 Å². The number of nitrogens with one attached hydrogen (secondary N) is 1. The van der Waals surface area contributed by atoms with Crippen molar-refractivity contribution in [2.24, 2.45) is 5.92 Å². The van der Waals surface area contributed by atoms with Crippen molar-refractivity contribution in [3.05, 3.63) is 65.7 Å². The summed E-state index contributed by atoms with van der Waals surface area (Å²) in [5.41, 5.74) is 2.45. The van der Waals surface area contributed by atoms with Crippen molar-refractivity contribution >= 4 is 0 Å². The number of methoxy groups -OCH3 is 1. The lowest BCUT2D eigenvalue weighted by molar-refractivity contribution is 0.130. The van der Waals surface area contributed by atoms with Gasteiger partial charge in [-0.25, -0.2) is 0 Å². The third kappa shape index (κ3) is 3.92. The standard InChI is InChI=1S/C20H25NO2/c1-23-18-12-10-16(11-13-18)20(15-6-3-2-4-7-15)21-14-17-8-5-9-19(17)22/h2-4,6-7,10-13,17,19-22H,5,8-9,14H2,1H3. The Bertz CT molecular complexity index is 597. The van der Waals surface area contributed by atoms with Crippen LogP contribution in [0.1, 0.15) is 36.4 Å². The zero-order valence-electron chi connectivity index (χ0n) is 13.6. The van der Waals surface area contributed by atoms with Crippen LogP contribution in [0.3, 0.4) is 0 Å². The summed E-state index contributed by atoms with van der Waals surface area (Å²) in [7, 11) is 1.68. The minimum absolute atomic E-state index is 0.134. The third-order valence-electron chi connectivity index (χ3n) is 4.79. The molecule has 1 aliphatic carbocycles. The summed E-state index contributed by atoms with van der Waals surface area (Å²) in [4.78, 5) is 0. The van der Waals surface area contributed by atoms with Gasteiger partial charge in [-0.3, -0.25) is 0 Å². The van der Waals surface area contributed by atoms with Crippen molar-refractivity contribution in [2.75, 3.05) is 13.7 Å². The number of rotatable bonds is 6. The summed E-state index contributed by atoms with van der Waals surface area (Å²) in [6.45, 7) is 0.840. The van der Waals surface area contributed by atoms with Crippen LogP contribution >= 0.6 is 0 Å². The highest BCUT2D eigenvalue weighted by Gasteiger charge is 2.26. The Labute approximate surface area is 138 Å². The lowest BCUT2D eigenvalue weighted by Crippen LogP contribution is -2.31. The molecule has 3 rings (SSSR count). The molecule has 3 unspecified atom stereocenters. The minimum atomic E-state index is -0.158. The summed E-state index contributed by atoms with van der Waals surface area (Å²) >= 11 is 0. The Hall–Kier alpha value is -1.84. The Morgan fingerprint density at radius 3 is 2.35 bits per heavy atom. The Balaban J connectivity index is 1.78. The fourth-order valence-corrected chi connectivity index (χ4v) is 3.39. The van der Waals surface area contributed by atoms with Gasteiger partial charge in [-0.2, -0.15) is 0 Å². The number of aliphatic hydroxyl groups is 1. The first-order chi connectivity index (χ1) is 11.3. The molecule has 0 saturated heterocycles. The van der Waals surface area contributed by atoms with E-state index in [1.807, 2.05) is 18.2 Å². The van der Waals surface area contributed by atoms with E-state index < -0.39 is 0 Å². The third-order valence-corrected chi connectivity index (χ3v) is 4.79. The van der Waals surface area contributed by atoms with Gasteiger partial charge in [0.15, 0.2) is 0 Å². The predicted molar refractivity (Wildman–Crippen MR) is 92.6 cm³/mol. The molecule has 0 radical (unpaired) electrons. The SMILES string of the molecule is COc1ccc(C(NCC2CCCC2O)c2ccccc2)cc1. The number of ether oxygens (including phenoxy) is 1. The van der Waals surface area contributed by atoms with Gasteiger partial charge in [-0.15, -0.1) is 0 Å². The molecule has 0 aliphatic heterocycles. The van der Waals surface area contributed by atoms with Gasteiger partial charge >= 0.3 is 0 Å². The van der Waals surface area contributed by atoms with Gasteiger partial charge in [-0.1, -0.05) is 48.9 Å². The average Bonchev–Trinajstić information content (AvgIpc) is 3.02. The van der Waals surface area contributed by atoms with Gasteiger partial charge in [0.05, 0.1) is 19.3 Å². The molecule has 0 bridgehead atoms. The summed E-state index contributed by atoms with van der Waals surface area (Å²) in [6, 6.07) is 18.8. The molecule has 122 valence electrons. The fraction of sp³-hybridized carbons (Fsp3) is 0.400. The zero-order valence-corrected chi connectivity index (χ0v) is 13.6. The largest absolute Gasteiger partial charge is 0.497 e. The fourth-order valence-electron chi connectivity index (χ4n) is 3.39. The molecule has 3 atom stereocenters. The Morgan fingerprint density at radius 2 is 1.74 bits per heavy atom. The summed E-state index contributed by atoms with van der Waals surface area (Å²) < 4.78 is 5.26. The number of hydrogen-bond donors (Lipinski definition) is 2. The Kier molecular flexibility index (Phi) is 5.31. The van der Waals surface area contributed by atoms with Crippen LogP contribution < -0.4 is 10.1 Å². The van der Waals surface area contributed by atoms with E-state index in [1.165, 1.54) is 11.1 Å². The molecular weight excluding hydrogens is 286 g/mol. The molecule has 2 aromatic carbocycles. The molecule has 1 saturated carbocycles. The molecule has 1 aliphatic rings. The van der Waals surface area contributed by atoms with Gasteiger partial charge in [0, 0.05) is 6.54 Å². The van der Waals surface area contributed by atoms with Crippen LogP contribution in [0.2, 0.25) is 0 Å². The van der Waals surface area contributed by atoms with E-state index >= 15 is 0 Å². The molecular formula is C20H25NO2. The van der Waals surface area contributed by atoms with Crippen LogP contribution in [0.25, 0.3) is 0 Å². The normalized spacial score (nSPS) is 22.0. The van der Waals surface area contributed by atoms with Crippen molar-refractivity contribution in [1.29, 1.82) is 0 Å². The van der Waals surface area contributed by atoms with Crippen molar-refractivity contribution in [2.45, 2.75) is 31.4 Å².